The van der Waals surface area contributed by atoms with E-state index in [1.807, 2.05) is 18.2 Å². The van der Waals surface area contributed by atoms with Crippen LogP contribution in [0.25, 0.3) is 0 Å². The zero-order valence-corrected chi connectivity index (χ0v) is 7.62. The Hall–Kier alpha value is -2.00. The summed E-state index contributed by atoms with van der Waals surface area (Å²) in [6, 6.07) is 9.84. The largest absolute Gasteiger partial charge is 0.382 e. The summed E-state index contributed by atoms with van der Waals surface area (Å²) < 4.78 is 0. The molecule has 1 saturated carbocycles. The number of hydrogen-bond donors (Lipinski definition) is 1. The van der Waals surface area contributed by atoms with Gasteiger partial charge in [-0.05, 0) is 31.0 Å². The summed E-state index contributed by atoms with van der Waals surface area (Å²) in [7, 11) is 0. The molecule has 0 amide bonds. The Bertz CT molecular complexity index is 433. The molecule has 1 fully saturated rings. The van der Waals surface area contributed by atoms with Crippen LogP contribution in [0.1, 0.15) is 24.0 Å². The van der Waals surface area contributed by atoms with E-state index in [0.717, 1.165) is 5.69 Å². The van der Waals surface area contributed by atoms with Gasteiger partial charge < -0.3 is 5.32 Å². The number of rotatable bonds is 2. The second-order valence-corrected chi connectivity index (χ2v) is 3.40. The normalized spacial score (nSPS) is 14.1. The van der Waals surface area contributed by atoms with Crippen LogP contribution in [0.15, 0.2) is 18.2 Å². The minimum absolute atomic E-state index is 0.439. The van der Waals surface area contributed by atoms with E-state index in [2.05, 4.69) is 5.32 Å². The van der Waals surface area contributed by atoms with Gasteiger partial charge in [0.15, 0.2) is 0 Å². The average Bonchev–Trinajstić information content (AvgIpc) is 3.01. The summed E-state index contributed by atoms with van der Waals surface area (Å²) in [5, 5.41) is 20.8. The molecular formula is C11H9N3. The summed E-state index contributed by atoms with van der Waals surface area (Å²) >= 11 is 0. The molecular weight excluding hydrogens is 174 g/mol. The van der Waals surface area contributed by atoms with Crippen molar-refractivity contribution in [3.05, 3.63) is 29.3 Å². The number of nitriles is 2. The minimum atomic E-state index is 0.439. The summed E-state index contributed by atoms with van der Waals surface area (Å²) in [6.07, 6.45) is 2.39. The van der Waals surface area contributed by atoms with Gasteiger partial charge in [-0.3, -0.25) is 0 Å². The number of nitrogens with one attached hydrogen (secondary N) is 1. The highest BCUT2D eigenvalue weighted by Crippen LogP contribution is 2.25. The van der Waals surface area contributed by atoms with Gasteiger partial charge in [0.2, 0.25) is 0 Å². The smallest absolute Gasteiger partial charge is 0.101 e. The molecule has 1 aliphatic rings. The molecule has 1 aliphatic carbocycles. The van der Waals surface area contributed by atoms with Gasteiger partial charge in [-0.1, -0.05) is 0 Å². The molecule has 0 aromatic heterocycles. The third-order valence-corrected chi connectivity index (χ3v) is 2.21. The molecule has 68 valence electrons. The van der Waals surface area contributed by atoms with E-state index >= 15 is 0 Å². The predicted octanol–water partition coefficient (Wildman–Crippen LogP) is 2.00. The Morgan fingerprint density at radius 1 is 1.14 bits per heavy atom. The summed E-state index contributed by atoms with van der Waals surface area (Å²) in [6.45, 7) is 0. The van der Waals surface area contributed by atoms with Crippen LogP contribution in [0.5, 0.6) is 0 Å². The van der Waals surface area contributed by atoms with Crippen LogP contribution < -0.4 is 5.32 Å². The summed E-state index contributed by atoms with van der Waals surface area (Å²) in [5.74, 6) is 0. The van der Waals surface area contributed by atoms with E-state index in [-0.39, 0.29) is 0 Å². The van der Waals surface area contributed by atoms with E-state index in [4.69, 9.17) is 10.5 Å². The number of benzene rings is 1. The van der Waals surface area contributed by atoms with Gasteiger partial charge in [0, 0.05) is 11.7 Å². The van der Waals surface area contributed by atoms with Crippen LogP contribution in [0.3, 0.4) is 0 Å². The third kappa shape index (κ3) is 1.67. The molecule has 3 heteroatoms. The first-order chi connectivity index (χ1) is 6.83. The maximum absolute atomic E-state index is 8.79. The van der Waals surface area contributed by atoms with Crippen molar-refractivity contribution in [2.45, 2.75) is 18.9 Å². The monoisotopic (exact) mass is 183 g/mol. The lowest BCUT2D eigenvalue weighted by Gasteiger charge is -2.04. The Morgan fingerprint density at radius 3 is 2.43 bits per heavy atom. The molecule has 0 spiro atoms. The van der Waals surface area contributed by atoms with Crippen molar-refractivity contribution in [2.24, 2.45) is 0 Å². The molecule has 0 aliphatic heterocycles. The predicted molar refractivity (Wildman–Crippen MR) is 52.5 cm³/mol. The van der Waals surface area contributed by atoms with Crippen LogP contribution >= 0.6 is 0 Å². The van der Waals surface area contributed by atoms with Crippen LogP contribution in [0, 0.1) is 22.7 Å². The highest BCUT2D eigenvalue weighted by atomic mass is 14.9. The van der Waals surface area contributed by atoms with Crippen molar-refractivity contribution in [3.8, 4) is 12.1 Å². The van der Waals surface area contributed by atoms with Gasteiger partial charge in [-0.15, -0.1) is 0 Å². The first-order valence-corrected chi connectivity index (χ1v) is 4.54. The molecule has 1 aromatic carbocycles. The molecule has 0 saturated heterocycles. The van der Waals surface area contributed by atoms with Crippen molar-refractivity contribution < 1.29 is 0 Å². The quantitative estimate of drug-likeness (QED) is 0.762. The molecule has 1 aromatic rings. The Labute approximate surface area is 82.6 Å². The second-order valence-electron chi connectivity index (χ2n) is 3.40. The Balaban J connectivity index is 2.28. The van der Waals surface area contributed by atoms with Gasteiger partial charge in [0.25, 0.3) is 0 Å². The van der Waals surface area contributed by atoms with Gasteiger partial charge in [-0.25, -0.2) is 0 Å². The van der Waals surface area contributed by atoms with E-state index in [1.165, 1.54) is 12.8 Å². The number of hydrogen-bond acceptors (Lipinski definition) is 3. The zero-order chi connectivity index (χ0) is 9.97. The maximum Gasteiger partial charge on any atom is 0.101 e. The lowest BCUT2D eigenvalue weighted by Crippen LogP contribution is -2.01. The second kappa shape index (κ2) is 3.40. The fourth-order valence-electron chi connectivity index (χ4n) is 1.29. The first-order valence-electron chi connectivity index (χ1n) is 4.54. The molecule has 3 nitrogen and oxygen atoms in total. The molecule has 0 atom stereocenters. The van der Waals surface area contributed by atoms with Crippen molar-refractivity contribution >= 4 is 5.69 Å². The first kappa shape index (κ1) is 8.59. The standard InChI is InChI=1S/C11H9N3/c12-6-8-1-2-11(5-9(8)7-13)14-10-3-4-10/h1-2,5,10,14H,3-4H2. The van der Waals surface area contributed by atoms with Gasteiger partial charge in [0.05, 0.1) is 11.1 Å². The average molecular weight is 183 g/mol. The lowest BCUT2D eigenvalue weighted by molar-refractivity contribution is 1.15. The van der Waals surface area contributed by atoms with Crippen LogP contribution in [-0.4, -0.2) is 6.04 Å². The van der Waals surface area contributed by atoms with Crippen LogP contribution in [-0.2, 0) is 0 Å². The van der Waals surface area contributed by atoms with E-state index in [9.17, 15) is 0 Å². The van der Waals surface area contributed by atoms with E-state index in [1.54, 1.807) is 12.1 Å². The van der Waals surface area contributed by atoms with Crippen LogP contribution in [0.4, 0.5) is 5.69 Å². The number of anilines is 1. The molecule has 0 unspecified atom stereocenters. The van der Waals surface area contributed by atoms with Crippen molar-refractivity contribution in [3.63, 3.8) is 0 Å². The molecule has 0 heterocycles. The fourth-order valence-corrected chi connectivity index (χ4v) is 1.29. The topological polar surface area (TPSA) is 59.6 Å². The molecule has 0 radical (unpaired) electrons. The van der Waals surface area contributed by atoms with Gasteiger partial charge in [-0.2, -0.15) is 10.5 Å². The highest BCUT2D eigenvalue weighted by Gasteiger charge is 2.20. The van der Waals surface area contributed by atoms with Crippen molar-refractivity contribution in [2.75, 3.05) is 5.32 Å². The minimum Gasteiger partial charge on any atom is -0.382 e. The third-order valence-electron chi connectivity index (χ3n) is 2.21. The molecule has 14 heavy (non-hydrogen) atoms. The SMILES string of the molecule is N#Cc1ccc(NC2CC2)cc1C#N. The van der Waals surface area contributed by atoms with Crippen molar-refractivity contribution in [1.82, 2.24) is 0 Å². The molecule has 0 bridgehead atoms. The molecule has 1 N–H and O–H groups in total. The Kier molecular flexibility index (Phi) is 2.08. The van der Waals surface area contributed by atoms with Gasteiger partial charge in [0.1, 0.15) is 12.1 Å². The van der Waals surface area contributed by atoms with E-state index in [0.29, 0.717) is 17.2 Å². The number of nitrogens with zero attached hydrogens (tertiary/aromatic N) is 2. The van der Waals surface area contributed by atoms with E-state index < -0.39 is 0 Å². The van der Waals surface area contributed by atoms with Gasteiger partial charge >= 0.3 is 0 Å². The van der Waals surface area contributed by atoms with Crippen molar-refractivity contribution in [1.29, 1.82) is 10.5 Å². The van der Waals surface area contributed by atoms with Crippen LogP contribution in [0.2, 0.25) is 0 Å². The summed E-state index contributed by atoms with van der Waals surface area (Å²) in [5.41, 5.74) is 1.81. The maximum atomic E-state index is 8.79. The fraction of sp³-hybridized carbons (Fsp3) is 0.273. The summed E-state index contributed by atoms with van der Waals surface area (Å²) in [4.78, 5) is 0. The Morgan fingerprint density at radius 2 is 1.86 bits per heavy atom. The zero-order valence-electron chi connectivity index (χ0n) is 7.62. The lowest BCUT2D eigenvalue weighted by atomic mass is 10.1. The molecule has 2 rings (SSSR count). The highest BCUT2D eigenvalue weighted by molar-refractivity contribution is 5.56.